The van der Waals surface area contributed by atoms with Crippen molar-refractivity contribution in [3.63, 3.8) is 0 Å². The Morgan fingerprint density at radius 1 is 1.22 bits per heavy atom. The van der Waals surface area contributed by atoms with E-state index < -0.39 is 0 Å². The van der Waals surface area contributed by atoms with E-state index >= 15 is 0 Å². The molecule has 3 rings (SSSR count). The summed E-state index contributed by atoms with van der Waals surface area (Å²) >= 11 is 0. The SMILES string of the molecule is Cc1nn(-c2ccccc2)c2[nH]c(=O)c(CNC(C)(C)C)cc12. The Labute approximate surface area is 135 Å². The molecule has 0 aliphatic heterocycles. The highest BCUT2D eigenvalue weighted by molar-refractivity contribution is 5.80. The third-order valence-corrected chi connectivity index (χ3v) is 3.76. The van der Waals surface area contributed by atoms with Crippen LogP contribution in [0.25, 0.3) is 16.7 Å². The fourth-order valence-electron chi connectivity index (χ4n) is 2.51. The van der Waals surface area contributed by atoms with Crippen molar-refractivity contribution in [2.24, 2.45) is 0 Å². The van der Waals surface area contributed by atoms with E-state index in [0.717, 1.165) is 28.0 Å². The molecule has 0 spiro atoms. The molecule has 2 heterocycles. The van der Waals surface area contributed by atoms with Gasteiger partial charge in [-0.25, -0.2) is 4.68 Å². The summed E-state index contributed by atoms with van der Waals surface area (Å²) in [5.74, 6) is 0. The number of H-pyrrole nitrogens is 1. The van der Waals surface area contributed by atoms with Crippen molar-refractivity contribution in [1.29, 1.82) is 0 Å². The second kappa shape index (κ2) is 5.66. The zero-order valence-electron chi connectivity index (χ0n) is 14.0. The van der Waals surface area contributed by atoms with E-state index in [4.69, 9.17) is 0 Å². The quantitative estimate of drug-likeness (QED) is 0.782. The zero-order valence-corrected chi connectivity index (χ0v) is 14.0. The topological polar surface area (TPSA) is 62.7 Å². The second-order valence-corrected chi connectivity index (χ2v) is 6.82. The van der Waals surface area contributed by atoms with Crippen LogP contribution in [0.5, 0.6) is 0 Å². The molecular weight excluding hydrogens is 288 g/mol. The molecule has 0 bridgehead atoms. The molecule has 5 nitrogen and oxygen atoms in total. The van der Waals surface area contributed by atoms with Crippen LogP contribution < -0.4 is 10.9 Å². The maximum Gasteiger partial charge on any atom is 0.254 e. The first kappa shape index (κ1) is 15.5. The molecular formula is C18H22N4O. The van der Waals surface area contributed by atoms with E-state index in [1.807, 2.05) is 43.3 Å². The third kappa shape index (κ3) is 3.19. The lowest BCUT2D eigenvalue weighted by molar-refractivity contribution is 0.423. The van der Waals surface area contributed by atoms with Crippen LogP contribution in [0.15, 0.2) is 41.2 Å². The first-order valence-corrected chi connectivity index (χ1v) is 7.77. The summed E-state index contributed by atoms with van der Waals surface area (Å²) in [7, 11) is 0. The van der Waals surface area contributed by atoms with Crippen molar-refractivity contribution in [1.82, 2.24) is 20.1 Å². The number of rotatable bonds is 3. The fourth-order valence-corrected chi connectivity index (χ4v) is 2.51. The van der Waals surface area contributed by atoms with Gasteiger partial charge in [0.15, 0.2) is 0 Å². The number of hydrogen-bond donors (Lipinski definition) is 2. The first-order chi connectivity index (χ1) is 10.8. The van der Waals surface area contributed by atoms with Gasteiger partial charge in [0.25, 0.3) is 5.56 Å². The summed E-state index contributed by atoms with van der Waals surface area (Å²) < 4.78 is 1.78. The largest absolute Gasteiger partial charge is 0.308 e. The molecule has 0 aliphatic carbocycles. The third-order valence-electron chi connectivity index (χ3n) is 3.76. The number of hydrogen-bond acceptors (Lipinski definition) is 3. The van der Waals surface area contributed by atoms with E-state index in [1.54, 1.807) is 4.68 Å². The molecule has 0 saturated carbocycles. The summed E-state index contributed by atoms with van der Waals surface area (Å²) in [4.78, 5) is 15.4. The van der Waals surface area contributed by atoms with Crippen LogP contribution in [-0.2, 0) is 6.54 Å². The maximum atomic E-state index is 12.4. The Morgan fingerprint density at radius 2 is 1.91 bits per heavy atom. The lowest BCUT2D eigenvalue weighted by Gasteiger charge is -2.20. The van der Waals surface area contributed by atoms with Gasteiger partial charge in [-0.2, -0.15) is 5.10 Å². The van der Waals surface area contributed by atoms with Gasteiger partial charge < -0.3 is 10.3 Å². The molecule has 0 radical (unpaired) electrons. The molecule has 5 heteroatoms. The van der Waals surface area contributed by atoms with Crippen molar-refractivity contribution < 1.29 is 0 Å². The molecule has 0 fully saturated rings. The molecule has 120 valence electrons. The Bertz CT molecular complexity index is 885. The Kier molecular flexibility index (Phi) is 3.82. The van der Waals surface area contributed by atoms with E-state index in [1.165, 1.54) is 0 Å². The van der Waals surface area contributed by atoms with Crippen LogP contribution in [0.4, 0.5) is 0 Å². The van der Waals surface area contributed by atoms with Crippen LogP contribution in [0.2, 0.25) is 0 Å². The standard InChI is InChI=1S/C18H22N4O/c1-12-15-10-13(11-19-18(2,3)4)17(23)20-16(15)22(21-12)14-8-6-5-7-9-14/h5-10,19H,11H2,1-4H3,(H,20,23). The van der Waals surface area contributed by atoms with Crippen molar-refractivity contribution in [3.05, 3.63) is 58.0 Å². The number of fused-ring (bicyclic) bond motifs is 1. The number of pyridine rings is 1. The first-order valence-electron chi connectivity index (χ1n) is 7.77. The summed E-state index contributed by atoms with van der Waals surface area (Å²) in [6.07, 6.45) is 0. The number of nitrogens with one attached hydrogen (secondary N) is 2. The number of benzene rings is 1. The maximum absolute atomic E-state index is 12.4. The van der Waals surface area contributed by atoms with Crippen molar-refractivity contribution in [2.45, 2.75) is 39.8 Å². The minimum absolute atomic E-state index is 0.0370. The minimum Gasteiger partial charge on any atom is -0.308 e. The van der Waals surface area contributed by atoms with Crippen molar-refractivity contribution in [3.8, 4) is 5.69 Å². The molecule has 2 aromatic heterocycles. The van der Waals surface area contributed by atoms with Crippen molar-refractivity contribution >= 4 is 11.0 Å². The van der Waals surface area contributed by atoms with Crippen molar-refractivity contribution in [2.75, 3.05) is 0 Å². The highest BCUT2D eigenvalue weighted by Crippen LogP contribution is 2.19. The van der Waals surface area contributed by atoms with Crippen LogP contribution >= 0.6 is 0 Å². The number of nitrogens with zero attached hydrogens (tertiary/aromatic N) is 2. The molecule has 3 aromatic rings. The monoisotopic (exact) mass is 310 g/mol. The number of aromatic nitrogens is 3. The molecule has 0 atom stereocenters. The number of aryl methyl sites for hydroxylation is 1. The summed E-state index contributed by atoms with van der Waals surface area (Å²) in [5, 5.41) is 8.90. The molecule has 0 amide bonds. The summed E-state index contributed by atoms with van der Waals surface area (Å²) in [6, 6.07) is 11.8. The Hall–Kier alpha value is -2.40. The smallest absolute Gasteiger partial charge is 0.254 e. The predicted molar refractivity (Wildman–Crippen MR) is 93.0 cm³/mol. The highest BCUT2D eigenvalue weighted by Gasteiger charge is 2.14. The fraction of sp³-hybridized carbons (Fsp3) is 0.333. The lowest BCUT2D eigenvalue weighted by Crippen LogP contribution is -2.36. The number of para-hydroxylation sites is 1. The van der Waals surface area contributed by atoms with Gasteiger partial charge in [-0.05, 0) is 45.9 Å². The minimum atomic E-state index is -0.0775. The van der Waals surface area contributed by atoms with Gasteiger partial charge in [-0.1, -0.05) is 18.2 Å². The van der Waals surface area contributed by atoms with Crippen LogP contribution in [-0.4, -0.2) is 20.3 Å². The van der Waals surface area contributed by atoms with Crippen LogP contribution in [0.1, 0.15) is 32.0 Å². The Morgan fingerprint density at radius 3 is 2.57 bits per heavy atom. The lowest BCUT2D eigenvalue weighted by atomic mass is 10.1. The highest BCUT2D eigenvalue weighted by atomic mass is 16.1. The van der Waals surface area contributed by atoms with E-state index in [0.29, 0.717) is 6.54 Å². The van der Waals surface area contributed by atoms with Crippen LogP contribution in [0.3, 0.4) is 0 Å². The average molecular weight is 310 g/mol. The van der Waals surface area contributed by atoms with Gasteiger partial charge in [-0.15, -0.1) is 0 Å². The normalized spacial score (nSPS) is 12.0. The second-order valence-electron chi connectivity index (χ2n) is 6.82. The van der Waals surface area contributed by atoms with Gasteiger partial charge in [0.2, 0.25) is 0 Å². The van der Waals surface area contributed by atoms with Gasteiger partial charge in [0.05, 0.1) is 11.4 Å². The van der Waals surface area contributed by atoms with Gasteiger partial charge in [0.1, 0.15) is 5.65 Å². The van der Waals surface area contributed by atoms with Gasteiger partial charge in [-0.3, -0.25) is 4.79 Å². The van der Waals surface area contributed by atoms with E-state index in [9.17, 15) is 4.79 Å². The van der Waals surface area contributed by atoms with Crippen LogP contribution in [0, 0.1) is 6.92 Å². The molecule has 1 aromatic carbocycles. The average Bonchev–Trinajstić information content (AvgIpc) is 2.81. The molecule has 23 heavy (non-hydrogen) atoms. The molecule has 0 aliphatic rings. The molecule has 0 saturated heterocycles. The Balaban J connectivity index is 2.08. The summed E-state index contributed by atoms with van der Waals surface area (Å²) in [6.45, 7) is 8.74. The zero-order chi connectivity index (χ0) is 16.6. The molecule has 0 unspecified atom stereocenters. The van der Waals surface area contributed by atoms with Gasteiger partial charge in [0, 0.05) is 23.0 Å². The molecule has 2 N–H and O–H groups in total. The van der Waals surface area contributed by atoms with E-state index in [-0.39, 0.29) is 11.1 Å². The predicted octanol–water partition coefficient (Wildman–Crippen LogP) is 2.91. The number of aromatic amines is 1. The summed E-state index contributed by atoms with van der Waals surface area (Å²) in [5.41, 5.74) is 3.18. The van der Waals surface area contributed by atoms with E-state index in [2.05, 4.69) is 36.2 Å². The van der Waals surface area contributed by atoms with Gasteiger partial charge >= 0.3 is 0 Å².